The van der Waals surface area contributed by atoms with Gasteiger partial charge in [-0.05, 0) is 20.8 Å². The Hall–Kier alpha value is -2.05. The largest absolute Gasteiger partial charge is 0.444 e. The number of rotatable bonds is 4. The molecule has 1 heterocycles. The molecule has 0 saturated heterocycles. The third-order valence-electron chi connectivity index (χ3n) is 2.17. The number of nitrogens with zero attached hydrogens (tertiary/aromatic N) is 2. The topological polar surface area (TPSA) is 85.3 Å². The fraction of sp³-hybridized carbons (Fsp3) is 0.583. The van der Waals surface area contributed by atoms with Crippen molar-refractivity contribution in [1.29, 1.82) is 0 Å². The van der Waals surface area contributed by atoms with Gasteiger partial charge in [0.15, 0.2) is 5.82 Å². The normalized spacial score (nSPS) is 10.9. The summed E-state index contributed by atoms with van der Waals surface area (Å²) in [5.74, 6) is 0.0516. The van der Waals surface area contributed by atoms with Crippen LogP contribution in [0.25, 0.3) is 0 Å². The van der Waals surface area contributed by atoms with Crippen LogP contribution in [0, 0.1) is 0 Å². The van der Waals surface area contributed by atoms with Gasteiger partial charge in [-0.3, -0.25) is 4.79 Å². The van der Waals surface area contributed by atoms with Crippen LogP contribution in [0.5, 0.6) is 0 Å². The van der Waals surface area contributed by atoms with E-state index in [1.54, 1.807) is 38.6 Å². The van der Waals surface area contributed by atoms with E-state index in [-0.39, 0.29) is 5.91 Å². The van der Waals surface area contributed by atoms with E-state index in [1.165, 1.54) is 6.20 Å². The van der Waals surface area contributed by atoms with Crippen molar-refractivity contribution in [3.8, 4) is 0 Å². The number of imidazole rings is 1. The Balaban J connectivity index is 2.44. The molecule has 0 fully saturated rings. The first-order valence-corrected chi connectivity index (χ1v) is 6.03. The Kier molecular flexibility index (Phi) is 4.91. The predicted molar refractivity (Wildman–Crippen MR) is 69.9 cm³/mol. The molecular formula is C12H20N4O3. The fourth-order valence-electron chi connectivity index (χ4n) is 1.40. The maximum atomic E-state index is 11.5. The average molecular weight is 268 g/mol. The number of hydrogen-bond donors (Lipinski definition) is 2. The minimum atomic E-state index is -0.521. The van der Waals surface area contributed by atoms with Gasteiger partial charge < -0.3 is 19.9 Å². The molecular weight excluding hydrogens is 248 g/mol. The highest BCUT2D eigenvalue weighted by Crippen LogP contribution is 2.06. The van der Waals surface area contributed by atoms with Crippen LogP contribution in [-0.4, -0.2) is 40.7 Å². The molecule has 0 aromatic carbocycles. The first kappa shape index (κ1) is 15.0. The van der Waals surface area contributed by atoms with E-state index in [4.69, 9.17) is 4.74 Å². The smallest absolute Gasteiger partial charge is 0.407 e. The van der Waals surface area contributed by atoms with Gasteiger partial charge in [0.05, 0.1) is 0 Å². The van der Waals surface area contributed by atoms with Crippen molar-refractivity contribution in [2.75, 3.05) is 13.6 Å². The van der Waals surface area contributed by atoms with Crippen LogP contribution in [0.3, 0.4) is 0 Å². The number of aromatic nitrogens is 2. The summed E-state index contributed by atoms with van der Waals surface area (Å²) in [6.07, 6.45) is 2.74. The van der Waals surface area contributed by atoms with Gasteiger partial charge >= 0.3 is 6.09 Å². The minimum absolute atomic E-state index is 0.262. The molecule has 0 aliphatic carbocycles. The second-order valence-corrected chi connectivity index (χ2v) is 4.95. The molecule has 0 unspecified atom stereocenters. The molecule has 7 nitrogen and oxygen atoms in total. The number of carbonyl (C=O) groups excluding carboxylic acids is 2. The molecule has 2 N–H and O–H groups in total. The first-order valence-electron chi connectivity index (χ1n) is 6.03. The van der Waals surface area contributed by atoms with Crippen molar-refractivity contribution in [3.63, 3.8) is 0 Å². The molecule has 106 valence electrons. The number of ether oxygens (including phenoxy) is 1. The van der Waals surface area contributed by atoms with Crippen LogP contribution in [0.2, 0.25) is 0 Å². The number of amides is 2. The van der Waals surface area contributed by atoms with Crippen LogP contribution in [0.1, 0.15) is 31.4 Å². The summed E-state index contributed by atoms with van der Waals surface area (Å²) in [5, 5.41) is 5.12. The van der Waals surface area contributed by atoms with Gasteiger partial charge in [0.1, 0.15) is 5.60 Å². The van der Waals surface area contributed by atoms with Crippen LogP contribution >= 0.6 is 0 Å². The van der Waals surface area contributed by atoms with E-state index in [0.29, 0.717) is 18.9 Å². The van der Waals surface area contributed by atoms with Crippen molar-refractivity contribution in [2.24, 2.45) is 0 Å². The van der Waals surface area contributed by atoms with Gasteiger partial charge in [-0.25, -0.2) is 9.78 Å². The van der Waals surface area contributed by atoms with Gasteiger partial charge in [0, 0.05) is 32.5 Å². The second kappa shape index (κ2) is 6.21. The molecule has 0 bridgehead atoms. The highest BCUT2D eigenvalue weighted by atomic mass is 16.6. The lowest BCUT2D eigenvalue weighted by Gasteiger charge is -2.19. The van der Waals surface area contributed by atoms with E-state index >= 15 is 0 Å². The third-order valence-corrected chi connectivity index (χ3v) is 2.17. The summed E-state index contributed by atoms with van der Waals surface area (Å²) in [5.41, 5.74) is -0.521. The van der Waals surface area contributed by atoms with Gasteiger partial charge in [0.25, 0.3) is 5.91 Å². The van der Waals surface area contributed by atoms with Crippen molar-refractivity contribution in [1.82, 2.24) is 20.2 Å². The van der Waals surface area contributed by atoms with Crippen LogP contribution in [0.15, 0.2) is 12.4 Å². The quantitative estimate of drug-likeness (QED) is 0.844. The van der Waals surface area contributed by atoms with Crippen LogP contribution in [-0.2, 0) is 11.3 Å². The summed E-state index contributed by atoms with van der Waals surface area (Å²) >= 11 is 0. The van der Waals surface area contributed by atoms with Crippen LogP contribution < -0.4 is 10.6 Å². The van der Waals surface area contributed by atoms with Crippen molar-refractivity contribution >= 4 is 12.0 Å². The number of hydrogen-bond acceptors (Lipinski definition) is 4. The first-order chi connectivity index (χ1) is 8.83. The summed E-state index contributed by atoms with van der Waals surface area (Å²) in [6, 6.07) is 0. The zero-order valence-corrected chi connectivity index (χ0v) is 11.7. The minimum Gasteiger partial charge on any atom is -0.444 e. The van der Waals surface area contributed by atoms with E-state index in [0.717, 1.165) is 0 Å². The number of alkyl carbamates (subject to hydrolysis) is 1. The monoisotopic (exact) mass is 268 g/mol. The molecule has 1 aromatic heterocycles. The molecule has 0 atom stereocenters. The Bertz CT molecular complexity index is 448. The van der Waals surface area contributed by atoms with Crippen molar-refractivity contribution in [3.05, 3.63) is 18.2 Å². The second-order valence-electron chi connectivity index (χ2n) is 4.95. The molecule has 1 rings (SSSR count). The molecule has 0 spiro atoms. The van der Waals surface area contributed by atoms with Gasteiger partial charge in [-0.1, -0.05) is 0 Å². The number of nitrogens with one attached hydrogen (secondary N) is 2. The third kappa shape index (κ3) is 4.99. The zero-order valence-electron chi connectivity index (χ0n) is 11.7. The lowest BCUT2D eigenvalue weighted by Crippen LogP contribution is -2.34. The summed E-state index contributed by atoms with van der Waals surface area (Å²) in [4.78, 5) is 26.8. The summed E-state index contributed by atoms with van der Waals surface area (Å²) in [7, 11) is 1.54. The fourth-order valence-corrected chi connectivity index (χ4v) is 1.40. The van der Waals surface area contributed by atoms with Crippen molar-refractivity contribution in [2.45, 2.75) is 32.9 Å². The zero-order chi connectivity index (χ0) is 14.5. The molecule has 7 heteroatoms. The van der Waals surface area contributed by atoms with Gasteiger partial charge in [-0.15, -0.1) is 0 Å². The predicted octanol–water partition coefficient (Wildman–Crippen LogP) is 0.767. The number of carbonyl (C=O) groups is 2. The molecule has 2 amide bonds. The van der Waals surface area contributed by atoms with Crippen molar-refractivity contribution < 1.29 is 14.3 Å². The Labute approximate surface area is 112 Å². The maximum Gasteiger partial charge on any atom is 0.407 e. The molecule has 1 aromatic rings. The highest BCUT2D eigenvalue weighted by molar-refractivity contribution is 5.90. The Morgan fingerprint density at radius 2 is 2.11 bits per heavy atom. The summed E-state index contributed by atoms with van der Waals surface area (Å²) in [6.45, 7) is 6.20. The molecule has 0 saturated carbocycles. The molecule has 0 radical (unpaired) electrons. The molecule has 0 aliphatic rings. The van der Waals surface area contributed by atoms with Crippen LogP contribution in [0.4, 0.5) is 4.79 Å². The highest BCUT2D eigenvalue weighted by Gasteiger charge is 2.16. The lowest BCUT2D eigenvalue weighted by molar-refractivity contribution is 0.0526. The van der Waals surface area contributed by atoms with Gasteiger partial charge in [0.2, 0.25) is 0 Å². The lowest BCUT2D eigenvalue weighted by atomic mass is 10.2. The van der Waals surface area contributed by atoms with E-state index in [9.17, 15) is 9.59 Å². The standard InChI is InChI=1S/C12H20N4O3/c1-12(2,3)19-11(18)15-6-8-16-7-5-14-9(16)10(17)13-4/h5,7H,6,8H2,1-4H3,(H,13,17)(H,15,18). The Morgan fingerprint density at radius 1 is 1.42 bits per heavy atom. The molecule has 19 heavy (non-hydrogen) atoms. The molecule has 0 aliphatic heterocycles. The van der Waals surface area contributed by atoms with Gasteiger partial charge in [-0.2, -0.15) is 0 Å². The maximum absolute atomic E-state index is 11.5. The van der Waals surface area contributed by atoms with E-state index in [1.807, 2.05) is 0 Å². The average Bonchev–Trinajstić information content (AvgIpc) is 2.74. The van der Waals surface area contributed by atoms with E-state index < -0.39 is 11.7 Å². The Morgan fingerprint density at radius 3 is 2.68 bits per heavy atom. The SMILES string of the molecule is CNC(=O)c1nccn1CCNC(=O)OC(C)(C)C. The van der Waals surface area contributed by atoms with E-state index in [2.05, 4.69) is 15.6 Å². The summed E-state index contributed by atoms with van der Waals surface area (Å²) < 4.78 is 6.76.